The standard InChI is InChI=1S/C22H20ClF2N3O3/c23-16-2-1-7-26-19(16)20(29)27-8-5-22(6-9-27)21(30)28-17(3-4-18(28)31-22)13-10-14(24)12-15(25)11-13/h1-2,7,10-12,17-18H,3-6,8-9H2. The average Bonchev–Trinajstić information content (AvgIpc) is 3.26. The highest BCUT2D eigenvalue weighted by molar-refractivity contribution is 6.33. The number of ether oxygens (including phenoxy) is 1. The van der Waals surface area contributed by atoms with Crippen molar-refractivity contribution in [2.45, 2.75) is 43.6 Å². The molecule has 2 atom stereocenters. The molecule has 6 nitrogen and oxygen atoms in total. The Morgan fingerprint density at radius 2 is 1.87 bits per heavy atom. The minimum Gasteiger partial charge on any atom is -0.342 e. The van der Waals surface area contributed by atoms with Crippen LogP contribution in [0.4, 0.5) is 8.78 Å². The number of rotatable bonds is 2. The number of fused-ring (bicyclic) bond motifs is 1. The zero-order valence-corrected chi connectivity index (χ0v) is 17.3. The normalized spacial score (nSPS) is 24.7. The number of carbonyl (C=O) groups excluding carboxylic acids is 2. The highest BCUT2D eigenvalue weighted by Gasteiger charge is 2.58. The summed E-state index contributed by atoms with van der Waals surface area (Å²) in [6.45, 7) is 0.661. The summed E-state index contributed by atoms with van der Waals surface area (Å²) in [5, 5.41) is 0.284. The van der Waals surface area contributed by atoms with Gasteiger partial charge in [-0.1, -0.05) is 11.6 Å². The fourth-order valence-electron chi connectivity index (χ4n) is 4.90. The fraction of sp³-hybridized carbons (Fsp3) is 0.409. The summed E-state index contributed by atoms with van der Waals surface area (Å²) >= 11 is 6.09. The van der Waals surface area contributed by atoms with E-state index >= 15 is 0 Å². The second-order valence-corrected chi connectivity index (χ2v) is 8.61. The summed E-state index contributed by atoms with van der Waals surface area (Å²) in [5.41, 5.74) is -0.390. The van der Waals surface area contributed by atoms with E-state index in [0.717, 1.165) is 6.07 Å². The van der Waals surface area contributed by atoms with E-state index in [4.69, 9.17) is 16.3 Å². The molecule has 5 rings (SSSR count). The largest absolute Gasteiger partial charge is 0.342 e. The van der Waals surface area contributed by atoms with E-state index in [1.54, 1.807) is 21.9 Å². The van der Waals surface area contributed by atoms with Gasteiger partial charge < -0.3 is 14.5 Å². The van der Waals surface area contributed by atoms with Gasteiger partial charge in [0, 0.05) is 38.2 Å². The lowest BCUT2D eigenvalue weighted by molar-refractivity contribution is -0.142. The van der Waals surface area contributed by atoms with Crippen LogP contribution in [-0.2, 0) is 9.53 Å². The number of carbonyl (C=O) groups is 2. The van der Waals surface area contributed by atoms with Gasteiger partial charge in [0.2, 0.25) is 0 Å². The molecule has 0 radical (unpaired) electrons. The molecule has 2 unspecified atom stereocenters. The molecule has 2 amide bonds. The van der Waals surface area contributed by atoms with Gasteiger partial charge in [0.1, 0.15) is 23.6 Å². The van der Waals surface area contributed by atoms with Crippen molar-refractivity contribution in [1.82, 2.24) is 14.8 Å². The molecule has 1 aromatic heterocycles. The third-order valence-corrected chi connectivity index (χ3v) is 6.71. The summed E-state index contributed by atoms with van der Waals surface area (Å²) in [7, 11) is 0. The fourth-order valence-corrected chi connectivity index (χ4v) is 5.11. The van der Waals surface area contributed by atoms with Crippen molar-refractivity contribution in [1.29, 1.82) is 0 Å². The summed E-state index contributed by atoms with van der Waals surface area (Å²) < 4.78 is 33.7. The van der Waals surface area contributed by atoms with Crippen molar-refractivity contribution in [3.05, 3.63) is 64.4 Å². The van der Waals surface area contributed by atoms with Crippen LogP contribution in [-0.4, -0.2) is 51.5 Å². The maximum atomic E-state index is 13.7. The molecule has 31 heavy (non-hydrogen) atoms. The summed E-state index contributed by atoms with van der Waals surface area (Å²) in [6.07, 6.45) is 2.97. The SMILES string of the molecule is O=C(c1ncccc1Cl)N1CCC2(CC1)OC1CCC(c3cc(F)cc(F)c3)N1C2=O. The average molecular weight is 448 g/mol. The molecule has 3 fully saturated rings. The Balaban J connectivity index is 1.32. The van der Waals surface area contributed by atoms with E-state index in [1.807, 2.05) is 0 Å². The van der Waals surface area contributed by atoms with E-state index in [0.29, 0.717) is 44.3 Å². The summed E-state index contributed by atoms with van der Waals surface area (Å²) in [5.74, 6) is -1.78. The van der Waals surface area contributed by atoms with Crippen LogP contribution in [0.2, 0.25) is 5.02 Å². The molecule has 0 saturated carbocycles. The molecule has 0 bridgehead atoms. The molecule has 1 aromatic carbocycles. The van der Waals surface area contributed by atoms with Gasteiger partial charge in [-0.2, -0.15) is 0 Å². The number of aromatic nitrogens is 1. The van der Waals surface area contributed by atoms with Crippen LogP contribution < -0.4 is 0 Å². The maximum absolute atomic E-state index is 13.7. The quantitative estimate of drug-likeness (QED) is 0.704. The molecule has 3 aliphatic heterocycles. The first-order valence-corrected chi connectivity index (χ1v) is 10.6. The zero-order valence-electron chi connectivity index (χ0n) is 16.6. The second-order valence-electron chi connectivity index (χ2n) is 8.20. The Hall–Kier alpha value is -2.58. The lowest BCUT2D eigenvalue weighted by Crippen LogP contribution is -2.51. The Kier molecular flexibility index (Phi) is 4.94. The van der Waals surface area contributed by atoms with Crippen molar-refractivity contribution in [3.63, 3.8) is 0 Å². The minimum absolute atomic E-state index is 0.173. The van der Waals surface area contributed by atoms with Gasteiger partial charge in [-0.15, -0.1) is 0 Å². The van der Waals surface area contributed by atoms with Crippen LogP contribution >= 0.6 is 11.6 Å². The molecule has 1 spiro atoms. The third kappa shape index (κ3) is 3.38. The van der Waals surface area contributed by atoms with Crippen molar-refractivity contribution in [2.75, 3.05) is 13.1 Å². The Labute approximate surface area is 182 Å². The third-order valence-electron chi connectivity index (χ3n) is 6.41. The van der Waals surface area contributed by atoms with Gasteiger partial charge in [-0.3, -0.25) is 9.59 Å². The maximum Gasteiger partial charge on any atom is 0.274 e. The number of amides is 2. The Morgan fingerprint density at radius 3 is 2.55 bits per heavy atom. The summed E-state index contributed by atoms with van der Waals surface area (Å²) in [4.78, 5) is 33.5. The van der Waals surface area contributed by atoms with E-state index < -0.39 is 29.5 Å². The molecule has 0 aliphatic carbocycles. The predicted octanol–water partition coefficient (Wildman–Crippen LogP) is 3.71. The lowest BCUT2D eigenvalue weighted by atomic mass is 9.89. The van der Waals surface area contributed by atoms with E-state index in [2.05, 4.69) is 4.98 Å². The first kappa shape index (κ1) is 20.3. The highest BCUT2D eigenvalue weighted by Crippen LogP contribution is 2.47. The van der Waals surface area contributed by atoms with Crippen LogP contribution in [0.15, 0.2) is 36.5 Å². The topological polar surface area (TPSA) is 62.7 Å². The number of likely N-dealkylation sites (tertiary alicyclic amines) is 1. The van der Waals surface area contributed by atoms with Crippen molar-refractivity contribution in [2.24, 2.45) is 0 Å². The number of piperidine rings is 1. The second kappa shape index (κ2) is 7.53. The van der Waals surface area contributed by atoms with E-state index in [9.17, 15) is 18.4 Å². The van der Waals surface area contributed by atoms with Gasteiger partial charge in [-0.05, 0) is 42.7 Å². The van der Waals surface area contributed by atoms with Crippen molar-refractivity contribution >= 4 is 23.4 Å². The summed E-state index contributed by atoms with van der Waals surface area (Å²) in [6, 6.07) is 6.21. The molecular formula is C22H20ClF2N3O3. The monoisotopic (exact) mass is 447 g/mol. The van der Waals surface area contributed by atoms with Crippen LogP contribution in [0.5, 0.6) is 0 Å². The molecule has 3 saturated heterocycles. The smallest absolute Gasteiger partial charge is 0.274 e. The van der Waals surface area contributed by atoms with Crippen molar-refractivity contribution in [3.8, 4) is 0 Å². The number of halogens is 3. The number of pyridine rings is 1. The molecule has 3 aliphatic rings. The van der Waals surface area contributed by atoms with Gasteiger partial charge in [0.15, 0.2) is 5.60 Å². The first-order valence-electron chi connectivity index (χ1n) is 10.2. The van der Waals surface area contributed by atoms with Crippen LogP contribution in [0.3, 0.4) is 0 Å². The van der Waals surface area contributed by atoms with Gasteiger partial charge >= 0.3 is 0 Å². The Morgan fingerprint density at radius 1 is 1.16 bits per heavy atom. The predicted molar refractivity (Wildman–Crippen MR) is 107 cm³/mol. The van der Waals surface area contributed by atoms with Crippen LogP contribution in [0.25, 0.3) is 0 Å². The molecular weight excluding hydrogens is 428 g/mol. The minimum atomic E-state index is -1.01. The van der Waals surface area contributed by atoms with E-state index in [-0.39, 0.29) is 22.5 Å². The van der Waals surface area contributed by atoms with Gasteiger partial charge in [0.05, 0.1) is 11.1 Å². The zero-order chi connectivity index (χ0) is 21.8. The molecule has 162 valence electrons. The lowest BCUT2D eigenvalue weighted by Gasteiger charge is -2.37. The van der Waals surface area contributed by atoms with Gasteiger partial charge in [-0.25, -0.2) is 13.8 Å². The molecule has 2 aromatic rings. The first-order chi connectivity index (χ1) is 14.9. The number of nitrogens with zero attached hydrogens (tertiary/aromatic N) is 3. The van der Waals surface area contributed by atoms with Crippen molar-refractivity contribution < 1.29 is 23.1 Å². The van der Waals surface area contributed by atoms with Gasteiger partial charge in [0.25, 0.3) is 11.8 Å². The van der Waals surface area contributed by atoms with E-state index in [1.165, 1.54) is 18.3 Å². The number of benzene rings is 1. The molecule has 9 heteroatoms. The number of hydrogen-bond donors (Lipinski definition) is 0. The molecule has 4 heterocycles. The highest BCUT2D eigenvalue weighted by atomic mass is 35.5. The number of hydrogen-bond acceptors (Lipinski definition) is 4. The van der Waals surface area contributed by atoms with Crippen LogP contribution in [0.1, 0.15) is 47.8 Å². The Bertz CT molecular complexity index is 1040. The molecule has 0 N–H and O–H groups in total. The van der Waals surface area contributed by atoms with Crippen LogP contribution in [0, 0.1) is 11.6 Å².